The van der Waals surface area contributed by atoms with E-state index in [-0.39, 0.29) is 11.5 Å². The van der Waals surface area contributed by atoms with Gasteiger partial charge >= 0.3 is 5.97 Å². The number of hydrogen-bond donors (Lipinski definition) is 0. The quantitative estimate of drug-likeness (QED) is 0.207. The minimum atomic E-state index is -0.698. The number of halogens is 2. The molecule has 2 heterocycles. The average molecular weight is 561 g/mol. The van der Waals surface area contributed by atoms with Crippen molar-refractivity contribution in [1.29, 1.82) is 0 Å². The predicted octanol–water partition coefficient (Wildman–Crippen LogP) is 6.15. The summed E-state index contributed by atoms with van der Waals surface area (Å²) in [5.41, 5.74) is 1.47. The number of unbranched alkanes of at least 4 members (excludes halogenated alkanes) is 1. The summed E-state index contributed by atoms with van der Waals surface area (Å²) in [6.07, 6.45) is 2.27. The second kappa shape index (κ2) is 13.4. The van der Waals surface area contributed by atoms with Crippen LogP contribution in [0.4, 0.5) is 5.69 Å². The molecule has 1 saturated heterocycles. The molecule has 0 saturated carbocycles. The van der Waals surface area contributed by atoms with E-state index in [1.165, 1.54) is 10.6 Å². The molecule has 38 heavy (non-hydrogen) atoms. The molecule has 1 aliphatic rings. The third-order valence-electron chi connectivity index (χ3n) is 6.81. The summed E-state index contributed by atoms with van der Waals surface area (Å²) in [5.74, 6) is 0.377. The fourth-order valence-corrected chi connectivity index (χ4v) is 5.20. The van der Waals surface area contributed by atoms with Crippen molar-refractivity contribution >= 4 is 45.8 Å². The summed E-state index contributed by atoms with van der Waals surface area (Å²) in [6.45, 7) is 9.02. The van der Waals surface area contributed by atoms with E-state index in [2.05, 4.69) is 9.80 Å². The van der Waals surface area contributed by atoms with E-state index in [9.17, 15) is 9.59 Å². The molecule has 0 radical (unpaired) electrons. The number of nitrogens with zero attached hydrogens (tertiary/aromatic N) is 3. The van der Waals surface area contributed by atoms with Crippen molar-refractivity contribution in [1.82, 2.24) is 9.47 Å². The highest BCUT2D eigenvalue weighted by molar-refractivity contribution is 6.43. The molecule has 0 bridgehead atoms. The number of aromatic nitrogens is 1. The summed E-state index contributed by atoms with van der Waals surface area (Å²) in [6, 6.07) is 14.7. The lowest BCUT2D eigenvalue weighted by Gasteiger charge is -2.36. The summed E-state index contributed by atoms with van der Waals surface area (Å²) in [7, 11) is 0. The van der Waals surface area contributed by atoms with Crippen LogP contribution < -0.4 is 15.2 Å². The second-order valence-corrected chi connectivity index (χ2v) is 10.3. The van der Waals surface area contributed by atoms with Gasteiger partial charge in [-0.3, -0.25) is 19.1 Å². The SMILES string of the molecule is CCCC(=O)OC(C)n1c(=O)ccc2ccc(OCCCCN3CCN(c4cccc(Cl)c4Cl)CC3)cc21. The molecule has 1 unspecified atom stereocenters. The van der Waals surface area contributed by atoms with Gasteiger partial charge in [0.25, 0.3) is 5.56 Å². The first-order valence-corrected chi connectivity index (χ1v) is 14.0. The predicted molar refractivity (Wildman–Crippen MR) is 154 cm³/mol. The van der Waals surface area contributed by atoms with Crippen LogP contribution in [-0.2, 0) is 9.53 Å². The second-order valence-electron chi connectivity index (χ2n) is 9.56. The van der Waals surface area contributed by atoms with Gasteiger partial charge in [-0.2, -0.15) is 0 Å². The number of anilines is 1. The normalized spacial score (nSPS) is 15.0. The number of ether oxygens (including phenoxy) is 2. The molecule has 4 rings (SSSR count). The van der Waals surface area contributed by atoms with E-state index < -0.39 is 6.23 Å². The fourth-order valence-electron chi connectivity index (χ4n) is 4.78. The minimum absolute atomic E-state index is 0.218. The van der Waals surface area contributed by atoms with Crippen LogP contribution in [0.2, 0.25) is 10.0 Å². The Balaban J connectivity index is 1.26. The number of carbonyl (C=O) groups excluding carboxylic acids is 1. The summed E-state index contributed by atoms with van der Waals surface area (Å²) >= 11 is 12.6. The minimum Gasteiger partial charge on any atom is -0.494 e. The van der Waals surface area contributed by atoms with Crippen molar-refractivity contribution in [3.63, 3.8) is 0 Å². The van der Waals surface area contributed by atoms with E-state index in [0.717, 1.165) is 56.6 Å². The zero-order valence-corrected chi connectivity index (χ0v) is 23.5. The van der Waals surface area contributed by atoms with Gasteiger partial charge in [0.15, 0.2) is 6.23 Å². The highest BCUT2D eigenvalue weighted by atomic mass is 35.5. The first-order chi connectivity index (χ1) is 18.4. The van der Waals surface area contributed by atoms with Crippen molar-refractivity contribution in [3.8, 4) is 5.75 Å². The molecular formula is C29H35Cl2N3O4. The lowest BCUT2D eigenvalue weighted by atomic mass is 10.2. The van der Waals surface area contributed by atoms with Gasteiger partial charge in [0.2, 0.25) is 0 Å². The summed E-state index contributed by atoms with van der Waals surface area (Å²) in [4.78, 5) is 29.4. The largest absolute Gasteiger partial charge is 0.494 e. The third-order valence-corrected chi connectivity index (χ3v) is 7.61. The standard InChI is InChI=1S/C29H35Cl2N3O4/c1-3-7-28(36)38-21(2)34-26-20-23(12-10-22(26)11-13-27(34)35)37-19-5-4-14-32-15-17-33(18-16-32)25-9-6-8-24(30)29(25)31/h6,8-13,20-21H,3-5,7,14-19H2,1-2H3. The highest BCUT2D eigenvalue weighted by Gasteiger charge is 2.19. The number of carbonyl (C=O) groups is 1. The van der Waals surface area contributed by atoms with E-state index in [0.29, 0.717) is 40.8 Å². The third kappa shape index (κ3) is 7.01. The molecule has 1 aromatic heterocycles. The van der Waals surface area contributed by atoms with Gasteiger partial charge < -0.3 is 14.4 Å². The van der Waals surface area contributed by atoms with Crippen LogP contribution in [-0.4, -0.2) is 54.8 Å². The van der Waals surface area contributed by atoms with Crippen LogP contribution in [0, 0.1) is 0 Å². The zero-order chi connectivity index (χ0) is 27.1. The van der Waals surface area contributed by atoms with Gasteiger partial charge in [0, 0.05) is 44.7 Å². The van der Waals surface area contributed by atoms with Crippen LogP contribution in [0.5, 0.6) is 5.75 Å². The molecule has 7 nitrogen and oxygen atoms in total. The smallest absolute Gasteiger partial charge is 0.307 e. The van der Waals surface area contributed by atoms with Crippen LogP contribution in [0.25, 0.3) is 10.9 Å². The van der Waals surface area contributed by atoms with Gasteiger partial charge in [0.05, 0.1) is 27.9 Å². The molecule has 0 N–H and O–H groups in total. The number of fused-ring (bicyclic) bond motifs is 1. The van der Waals surface area contributed by atoms with Gasteiger partial charge in [-0.05, 0) is 68.4 Å². The van der Waals surface area contributed by atoms with E-state index in [4.69, 9.17) is 32.7 Å². The van der Waals surface area contributed by atoms with Crippen molar-refractivity contribution < 1.29 is 14.3 Å². The van der Waals surface area contributed by atoms with Crippen LogP contribution in [0.15, 0.2) is 53.3 Å². The van der Waals surface area contributed by atoms with E-state index in [1.54, 1.807) is 13.0 Å². The number of esters is 1. The Kier molecular flexibility index (Phi) is 9.94. The Hall–Kier alpha value is -2.74. The van der Waals surface area contributed by atoms with Gasteiger partial charge in [-0.25, -0.2) is 0 Å². The van der Waals surface area contributed by atoms with Gasteiger partial charge in [-0.15, -0.1) is 0 Å². The molecule has 0 aliphatic carbocycles. The van der Waals surface area contributed by atoms with Crippen LogP contribution in [0.3, 0.4) is 0 Å². The van der Waals surface area contributed by atoms with Crippen molar-refractivity contribution in [2.45, 2.75) is 45.8 Å². The van der Waals surface area contributed by atoms with Crippen molar-refractivity contribution in [3.05, 3.63) is 68.9 Å². The lowest BCUT2D eigenvalue weighted by Crippen LogP contribution is -2.46. The molecule has 204 valence electrons. The molecule has 0 spiro atoms. The van der Waals surface area contributed by atoms with E-state index in [1.807, 2.05) is 43.3 Å². The Morgan fingerprint density at radius 3 is 2.55 bits per heavy atom. The number of pyridine rings is 1. The molecule has 1 fully saturated rings. The topological polar surface area (TPSA) is 64.0 Å². The van der Waals surface area contributed by atoms with E-state index >= 15 is 0 Å². The Morgan fingerprint density at radius 1 is 1.03 bits per heavy atom. The zero-order valence-electron chi connectivity index (χ0n) is 22.0. The maximum Gasteiger partial charge on any atom is 0.307 e. The Morgan fingerprint density at radius 2 is 1.79 bits per heavy atom. The van der Waals surface area contributed by atoms with Crippen molar-refractivity contribution in [2.24, 2.45) is 0 Å². The van der Waals surface area contributed by atoms with Crippen LogP contribution in [0.1, 0.15) is 45.8 Å². The summed E-state index contributed by atoms with van der Waals surface area (Å²) < 4.78 is 13.0. The fraction of sp³-hybridized carbons (Fsp3) is 0.448. The molecule has 1 aliphatic heterocycles. The maximum absolute atomic E-state index is 12.6. The molecule has 9 heteroatoms. The first-order valence-electron chi connectivity index (χ1n) is 13.3. The highest BCUT2D eigenvalue weighted by Crippen LogP contribution is 2.33. The Labute approximate surface area is 233 Å². The maximum atomic E-state index is 12.6. The number of rotatable bonds is 11. The number of piperazine rings is 1. The molecular weight excluding hydrogens is 525 g/mol. The summed E-state index contributed by atoms with van der Waals surface area (Å²) in [5, 5.41) is 2.09. The molecule has 1 atom stereocenters. The number of benzene rings is 2. The van der Waals surface area contributed by atoms with Gasteiger partial charge in [-0.1, -0.05) is 36.2 Å². The average Bonchev–Trinajstić information content (AvgIpc) is 2.90. The molecule has 0 amide bonds. The van der Waals surface area contributed by atoms with Crippen LogP contribution >= 0.6 is 23.2 Å². The molecule has 3 aromatic rings. The number of hydrogen-bond acceptors (Lipinski definition) is 6. The Bertz CT molecular complexity index is 1300. The monoisotopic (exact) mass is 559 g/mol. The van der Waals surface area contributed by atoms with Crippen molar-refractivity contribution in [2.75, 3.05) is 44.2 Å². The lowest BCUT2D eigenvalue weighted by molar-refractivity contribution is -0.152. The first kappa shape index (κ1) is 28.3. The molecule has 2 aromatic carbocycles. The van der Waals surface area contributed by atoms with Gasteiger partial charge in [0.1, 0.15) is 5.75 Å².